The molecule has 0 unspecified atom stereocenters. The summed E-state index contributed by atoms with van der Waals surface area (Å²) in [5, 5.41) is 0. The van der Waals surface area contributed by atoms with Crippen LogP contribution in [-0.4, -0.2) is 26.1 Å². The molecule has 0 fully saturated rings. The molecule has 0 saturated carbocycles. The van der Waals surface area contributed by atoms with Crippen LogP contribution in [-0.2, 0) is 13.0 Å². The van der Waals surface area contributed by atoms with Gasteiger partial charge in [-0.15, -0.1) is 0 Å². The number of unbranched alkanes of at least 4 members (excludes halogenated alkanes) is 1. The first-order valence-corrected chi connectivity index (χ1v) is 6.64. The van der Waals surface area contributed by atoms with Gasteiger partial charge in [-0.05, 0) is 13.3 Å². The molecule has 0 spiro atoms. The van der Waals surface area contributed by atoms with Crippen molar-refractivity contribution in [1.82, 2.24) is 19.5 Å². The molecule has 0 aliphatic heterocycles. The molecule has 0 saturated heterocycles. The molecule has 2 heterocycles. The van der Waals surface area contributed by atoms with Crippen LogP contribution in [0.5, 0.6) is 5.88 Å². The maximum absolute atomic E-state index is 5.51. The first-order valence-electron chi connectivity index (χ1n) is 6.64. The summed E-state index contributed by atoms with van der Waals surface area (Å²) in [4.78, 5) is 13.1. The second-order valence-electron chi connectivity index (χ2n) is 4.17. The number of rotatable bonds is 6. The van der Waals surface area contributed by atoms with E-state index in [2.05, 4.69) is 33.4 Å². The fourth-order valence-corrected chi connectivity index (χ4v) is 2.02. The number of hydrogen-bond donors (Lipinski definition) is 0. The van der Waals surface area contributed by atoms with Crippen LogP contribution in [0.15, 0.2) is 6.33 Å². The molecule has 18 heavy (non-hydrogen) atoms. The van der Waals surface area contributed by atoms with Gasteiger partial charge in [0.2, 0.25) is 5.88 Å². The van der Waals surface area contributed by atoms with E-state index in [4.69, 9.17) is 4.74 Å². The normalized spacial score (nSPS) is 11.1. The van der Waals surface area contributed by atoms with Crippen LogP contribution in [0.2, 0.25) is 0 Å². The van der Waals surface area contributed by atoms with Gasteiger partial charge >= 0.3 is 0 Å². The van der Waals surface area contributed by atoms with Gasteiger partial charge in [0.05, 0.1) is 6.61 Å². The molecule has 0 aliphatic carbocycles. The van der Waals surface area contributed by atoms with Crippen LogP contribution < -0.4 is 4.74 Å². The van der Waals surface area contributed by atoms with Crippen LogP contribution in [0.3, 0.4) is 0 Å². The lowest BCUT2D eigenvalue weighted by Crippen LogP contribution is -2.04. The van der Waals surface area contributed by atoms with Gasteiger partial charge in [0.25, 0.3) is 0 Å². The van der Waals surface area contributed by atoms with E-state index < -0.39 is 0 Å². The summed E-state index contributed by atoms with van der Waals surface area (Å²) in [5.41, 5.74) is 1.67. The van der Waals surface area contributed by atoms with Crippen molar-refractivity contribution in [2.24, 2.45) is 0 Å². The molecular weight excluding hydrogens is 228 g/mol. The third-order valence-corrected chi connectivity index (χ3v) is 2.91. The van der Waals surface area contributed by atoms with E-state index in [1.807, 2.05) is 6.92 Å². The summed E-state index contributed by atoms with van der Waals surface area (Å²) in [6, 6.07) is 0. The molecule has 0 atom stereocenters. The Morgan fingerprint density at radius 2 is 2.06 bits per heavy atom. The van der Waals surface area contributed by atoms with Crippen LogP contribution in [0.4, 0.5) is 0 Å². The monoisotopic (exact) mass is 248 g/mol. The van der Waals surface area contributed by atoms with Crippen LogP contribution in [0.25, 0.3) is 11.2 Å². The van der Waals surface area contributed by atoms with Crippen molar-refractivity contribution in [1.29, 1.82) is 0 Å². The highest BCUT2D eigenvalue weighted by atomic mass is 16.5. The van der Waals surface area contributed by atoms with Gasteiger partial charge in [-0.1, -0.05) is 20.3 Å². The fraction of sp³-hybridized carbons (Fsp3) is 0.615. The number of hydrogen-bond acceptors (Lipinski definition) is 4. The number of aryl methyl sites for hydroxylation is 2. The minimum Gasteiger partial charge on any atom is -0.476 e. The minimum atomic E-state index is 0.590. The number of imidazole rings is 1. The lowest BCUT2D eigenvalue weighted by Gasteiger charge is -2.06. The third kappa shape index (κ3) is 2.30. The lowest BCUT2D eigenvalue weighted by atomic mass is 10.3. The first-order chi connectivity index (χ1) is 8.81. The van der Waals surface area contributed by atoms with Gasteiger partial charge in [0, 0.05) is 13.0 Å². The Balaban J connectivity index is 2.50. The summed E-state index contributed by atoms with van der Waals surface area (Å²) in [6.45, 7) is 7.79. The molecule has 2 aromatic heterocycles. The van der Waals surface area contributed by atoms with Crippen molar-refractivity contribution in [3.63, 3.8) is 0 Å². The van der Waals surface area contributed by atoms with Gasteiger partial charge in [-0.2, -0.15) is 4.98 Å². The van der Waals surface area contributed by atoms with E-state index in [-0.39, 0.29) is 0 Å². The summed E-state index contributed by atoms with van der Waals surface area (Å²) in [5.74, 6) is 1.65. The Morgan fingerprint density at radius 1 is 1.22 bits per heavy atom. The Kier molecular flexibility index (Phi) is 4.12. The molecule has 98 valence electrons. The predicted octanol–water partition coefficient (Wildman–Crippen LogP) is 2.59. The fourth-order valence-electron chi connectivity index (χ4n) is 2.02. The smallest absolute Gasteiger partial charge is 0.245 e. The van der Waals surface area contributed by atoms with Crippen molar-refractivity contribution >= 4 is 11.2 Å². The second kappa shape index (κ2) is 5.80. The van der Waals surface area contributed by atoms with Crippen molar-refractivity contribution in [2.75, 3.05) is 6.61 Å². The molecular formula is C13H20N4O. The quantitative estimate of drug-likeness (QED) is 0.788. The van der Waals surface area contributed by atoms with Crippen molar-refractivity contribution in [3.05, 3.63) is 12.2 Å². The molecule has 0 aliphatic rings. The van der Waals surface area contributed by atoms with Crippen LogP contribution >= 0.6 is 0 Å². The first kappa shape index (κ1) is 12.8. The minimum absolute atomic E-state index is 0.590. The van der Waals surface area contributed by atoms with E-state index in [9.17, 15) is 0 Å². The number of aromatic nitrogens is 4. The van der Waals surface area contributed by atoms with Gasteiger partial charge in [-0.3, -0.25) is 0 Å². The molecule has 5 nitrogen and oxygen atoms in total. The Hall–Kier alpha value is -1.65. The zero-order valence-electron chi connectivity index (χ0n) is 11.3. The van der Waals surface area contributed by atoms with Gasteiger partial charge in [-0.25, -0.2) is 9.97 Å². The Morgan fingerprint density at radius 3 is 2.72 bits per heavy atom. The van der Waals surface area contributed by atoms with Crippen molar-refractivity contribution in [3.8, 4) is 5.88 Å². The topological polar surface area (TPSA) is 52.8 Å². The van der Waals surface area contributed by atoms with E-state index in [1.165, 1.54) is 0 Å². The summed E-state index contributed by atoms with van der Waals surface area (Å²) in [7, 11) is 0. The van der Waals surface area contributed by atoms with E-state index >= 15 is 0 Å². The molecule has 0 aromatic carbocycles. The average Bonchev–Trinajstić information content (AvgIpc) is 2.75. The van der Waals surface area contributed by atoms with Crippen molar-refractivity contribution in [2.45, 2.75) is 46.6 Å². The predicted molar refractivity (Wildman–Crippen MR) is 70.8 cm³/mol. The van der Waals surface area contributed by atoms with E-state index in [1.54, 1.807) is 6.33 Å². The zero-order chi connectivity index (χ0) is 13.0. The maximum Gasteiger partial charge on any atom is 0.245 e. The lowest BCUT2D eigenvalue weighted by molar-refractivity contribution is 0.330. The van der Waals surface area contributed by atoms with Gasteiger partial charge in [0.1, 0.15) is 12.2 Å². The summed E-state index contributed by atoms with van der Waals surface area (Å²) >= 11 is 0. The Labute approximate surface area is 107 Å². The van der Waals surface area contributed by atoms with Gasteiger partial charge < -0.3 is 9.30 Å². The number of nitrogens with zero attached hydrogens (tertiary/aromatic N) is 4. The van der Waals surface area contributed by atoms with Crippen LogP contribution in [0, 0.1) is 0 Å². The van der Waals surface area contributed by atoms with Crippen LogP contribution in [0.1, 0.15) is 39.4 Å². The molecule has 0 bridgehead atoms. The molecule has 0 amide bonds. The maximum atomic E-state index is 5.51. The SMILES string of the molecule is CCCCn1c(CC)nc2c(OCC)ncnc21. The third-order valence-electron chi connectivity index (χ3n) is 2.91. The second-order valence-corrected chi connectivity index (χ2v) is 4.17. The van der Waals surface area contributed by atoms with Gasteiger partial charge in [0.15, 0.2) is 11.2 Å². The Bertz CT molecular complexity index is 521. The highest BCUT2D eigenvalue weighted by molar-refractivity contribution is 5.76. The van der Waals surface area contributed by atoms with Crippen molar-refractivity contribution < 1.29 is 4.74 Å². The average molecular weight is 248 g/mol. The number of fused-ring (bicyclic) bond motifs is 1. The molecule has 5 heteroatoms. The number of ether oxygens (including phenoxy) is 1. The molecule has 0 N–H and O–H groups in total. The summed E-state index contributed by atoms with van der Waals surface area (Å²) < 4.78 is 7.69. The highest BCUT2D eigenvalue weighted by Crippen LogP contribution is 2.22. The zero-order valence-corrected chi connectivity index (χ0v) is 11.3. The summed E-state index contributed by atoms with van der Waals surface area (Å²) in [6.07, 6.45) is 4.74. The largest absolute Gasteiger partial charge is 0.476 e. The molecule has 2 aromatic rings. The van der Waals surface area contributed by atoms with E-state index in [0.29, 0.717) is 12.5 Å². The van der Waals surface area contributed by atoms with E-state index in [0.717, 1.165) is 42.8 Å². The highest BCUT2D eigenvalue weighted by Gasteiger charge is 2.14. The molecule has 2 rings (SSSR count). The standard InChI is InChI=1S/C13H20N4O/c1-4-7-8-17-10(5-2)16-11-12(17)14-9-15-13(11)18-6-3/h9H,4-8H2,1-3H3. The molecule has 0 radical (unpaired) electrons.